The van der Waals surface area contributed by atoms with Crippen molar-refractivity contribution in [3.05, 3.63) is 23.8 Å². The Balaban J connectivity index is 2.17. The molecule has 0 bridgehead atoms. The number of amides is 1. The van der Waals surface area contributed by atoms with E-state index >= 15 is 0 Å². The molecule has 1 aromatic rings. The lowest BCUT2D eigenvalue weighted by Crippen LogP contribution is -2.26. The second-order valence-corrected chi connectivity index (χ2v) is 8.10. The number of rotatable bonds is 4. The Labute approximate surface area is 135 Å². The van der Waals surface area contributed by atoms with Gasteiger partial charge in [0.1, 0.15) is 5.75 Å². The molecule has 1 aliphatic rings. The van der Waals surface area contributed by atoms with Gasteiger partial charge in [-0.3, -0.25) is 4.79 Å². The molecule has 0 N–H and O–H groups in total. The average Bonchev–Trinajstić information content (AvgIpc) is 2.65. The quantitative estimate of drug-likeness (QED) is 0.763. The SMILES string of the molecule is Cc1cc(OC(F)(F)F)ccc1N1CC(CS(=O)(=O)Cl)CC1=O. The molecule has 0 spiro atoms. The highest BCUT2D eigenvalue weighted by atomic mass is 35.7. The molecule has 128 valence electrons. The lowest BCUT2D eigenvalue weighted by Gasteiger charge is -2.20. The summed E-state index contributed by atoms with van der Waals surface area (Å²) in [4.78, 5) is 13.4. The third-order valence-corrected chi connectivity index (χ3v) is 4.58. The summed E-state index contributed by atoms with van der Waals surface area (Å²) in [6, 6.07) is 3.61. The summed E-state index contributed by atoms with van der Waals surface area (Å²) >= 11 is 0. The number of alkyl halides is 3. The molecule has 0 saturated carbocycles. The molecule has 5 nitrogen and oxygen atoms in total. The van der Waals surface area contributed by atoms with Crippen molar-refractivity contribution in [2.24, 2.45) is 5.92 Å². The van der Waals surface area contributed by atoms with E-state index in [2.05, 4.69) is 4.74 Å². The topological polar surface area (TPSA) is 63.7 Å². The standard InChI is InChI=1S/C13H13ClF3NO4S/c1-8-4-10(22-13(15,16)17)2-3-11(8)18-6-9(5-12(18)19)7-23(14,20)21/h2-4,9H,5-7H2,1H3. The molecule has 1 aromatic carbocycles. The van der Waals surface area contributed by atoms with E-state index in [0.717, 1.165) is 6.07 Å². The molecule has 0 aliphatic carbocycles. The molecule has 1 atom stereocenters. The van der Waals surface area contributed by atoms with E-state index < -0.39 is 21.3 Å². The Hall–Kier alpha value is -1.48. The number of halogens is 4. The van der Waals surface area contributed by atoms with Gasteiger partial charge < -0.3 is 9.64 Å². The zero-order valence-corrected chi connectivity index (χ0v) is 13.5. The van der Waals surface area contributed by atoms with Gasteiger partial charge in [0.05, 0.1) is 5.75 Å². The predicted octanol–water partition coefficient (Wildman–Crippen LogP) is 2.82. The molecule has 0 radical (unpaired) electrons. The van der Waals surface area contributed by atoms with E-state index in [1.54, 1.807) is 0 Å². The Kier molecular flexibility index (Phi) is 4.81. The molecule has 1 saturated heterocycles. The number of hydrogen-bond acceptors (Lipinski definition) is 4. The van der Waals surface area contributed by atoms with Crippen molar-refractivity contribution in [1.82, 2.24) is 0 Å². The number of nitrogens with zero attached hydrogens (tertiary/aromatic N) is 1. The number of carbonyl (C=O) groups excluding carboxylic acids is 1. The summed E-state index contributed by atoms with van der Waals surface area (Å²) in [5, 5.41) is 0. The van der Waals surface area contributed by atoms with Crippen LogP contribution < -0.4 is 9.64 Å². The molecule has 23 heavy (non-hydrogen) atoms. The molecule has 1 unspecified atom stereocenters. The summed E-state index contributed by atoms with van der Waals surface area (Å²) in [5.74, 6) is -1.46. The minimum absolute atomic E-state index is 0.0200. The van der Waals surface area contributed by atoms with E-state index in [0.29, 0.717) is 11.3 Å². The predicted molar refractivity (Wildman–Crippen MR) is 78.0 cm³/mol. The van der Waals surface area contributed by atoms with Gasteiger partial charge in [0, 0.05) is 35.3 Å². The van der Waals surface area contributed by atoms with Crippen LogP contribution in [-0.2, 0) is 13.8 Å². The van der Waals surface area contributed by atoms with Crippen molar-refractivity contribution in [2.45, 2.75) is 19.7 Å². The fraction of sp³-hybridized carbons (Fsp3) is 0.462. The smallest absolute Gasteiger partial charge is 0.406 e. The number of hydrogen-bond donors (Lipinski definition) is 0. The van der Waals surface area contributed by atoms with Gasteiger partial charge in [0.25, 0.3) is 0 Å². The molecule has 1 amide bonds. The zero-order chi connectivity index (χ0) is 17.4. The zero-order valence-electron chi connectivity index (χ0n) is 11.9. The van der Waals surface area contributed by atoms with Crippen molar-refractivity contribution in [3.8, 4) is 5.75 Å². The highest BCUT2D eigenvalue weighted by Crippen LogP contribution is 2.32. The summed E-state index contributed by atoms with van der Waals surface area (Å²) in [6.07, 6.45) is -4.77. The normalized spacial score (nSPS) is 19.3. The molecule has 1 heterocycles. The van der Waals surface area contributed by atoms with Crippen LogP contribution in [0.4, 0.5) is 18.9 Å². The van der Waals surface area contributed by atoms with Crippen molar-refractivity contribution in [1.29, 1.82) is 0 Å². The maximum Gasteiger partial charge on any atom is 0.573 e. The van der Waals surface area contributed by atoms with Gasteiger partial charge >= 0.3 is 6.36 Å². The van der Waals surface area contributed by atoms with Crippen LogP contribution in [0.5, 0.6) is 5.75 Å². The molecular weight excluding hydrogens is 359 g/mol. The van der Waals surface area contributed by atoms with E-state index in [1.807, 2.05) is 0 Å². The summed E-state index contributed by atoms with van der Waals surface area (Å²) in [6.45, 7) is 1.68. The molecule has 1 aliphatic heterocycles. The van der Waals surface area contributed by atoms with Gasteiger partial charge in [0.15, 0.2) is 0 Å². The molecule has 1 fully saturated rings. The van der Waals surface area contributed by atoms with E-state index in [9.17, 15) is 26.4 Å². The van der Waals surface area contributed by atoms with Gasteiger partial charge in [-0.25, -0.2) is 8.42 Å². The number of ether oxygens (including phenoxy) is 1. The Bertz CT molecular complexity index is 720. The fourth-order valence-corrected chi connectivity index (χ4v) is 3.86. The van der Waals surface area contributed by atoms with Crippen LogP contribution in [0.25, 0.3) is 0 Å². The fourth-order valence-electron chi connectivity index (χ4n) is 2.54. The van der Waals surface area contributed by atoms with Crippen LogP contribution in [-0.4, -0.2) is 33.0 Å². The second kappa shape index (κ2) is 6.20. The van der Waals surface area contributed by atoms with Crippen LogP contribution >= 0.6 is 10.7 Å². The first-order valence-electron chi connectivity index (χ1n) is 6.54. The highest BCUT2D eigenvalue weighted by Gasteiger charge is 2.34. The lowest BCUT2D eigenvalue weighted by molar-refractivity contribution is -0.274. The Morgan fingerprint density at radius 3 is 2.57 bits per heavy atom. The monoisotopic (exact) mass is 371 g/mol. The van der Waals surface area contributed by atoms with Gasteiger partial charge in [0.2, 0.25) is 15.0 Å². The van der Waals surface area contributed by atoms with Crippen LogP contribution in [0.1, 0.15) is 12.0 Å². The van der Waals surface area contributed by atoms with Crippen LogP contribution in [0.2, 0.25) is 0 Å². The minimum Gasteiger partial charge on any atom is -0.406 e. The van der Waals surface area contributed by atoms with Crippen LogP contribution in [0.15, 0.2) is 18.2 Å². The van der Waals surface area contributed by atoms with Crippen molar-refractivity contribution >= 4 is 31.3 Å². The highest BCUT2D eigenvalue weighted by molar-refractivity contribution is 8.13. The second-order valence-electron chi connectivity index (χ2n) is 5.28. The average molecular weight is 372 g/mol. The number of anilines is 1. The summed E-state index contributed by atoms with van der Waals surface area (Å²) < 4.78 is 62.6. The first-order chi connectivity index (χ1) is 10.4. The molecule has 2 rings (SSSR count). The molecular formula is C13H13ClF3NO4S. The lowest BCUT2D eigenvalue weighted by atomic mass is 10.1. The summed E-state index contributed by atoms with van der Waals surface area (Å²) in [7, 11) is 1.46. The minimum atomic E-state index is -4.79. The van der Waals surface area contributed by atoms with Gasteiger partial charge in [-0.2, -0.15) is 0 Å². The van der Waals surface area contributed by atoms with Crippen molar-refractivity contribution in [3.63, 3.8) is 0 Å². The molecule has 10 heteroatoms. The van der Waals surface area contributed by atoms with Gasteiger partial charge in [-0.05, 0) is 30.7 Å². The van der Waals surface area contributed by atoms with Crippen molar-refractivity contribution < 1.29 is 31.1 Å². The number of aryl methyl sites for hydroxylation is 1. The van der Waals surface area contributed by atoms with E-state index in [1.165, 1.54) is 24.0 Å². The Morgan fingerprint density at radius 1 is 1.39 bits per heavy atom. The number of benzene rings is 1. The van der Waals surface area contributed by atoms with Crippen molar-refractivity contribution in [2.75, 3.05) is 17.2 Å². The largest absolute Gasteiger partial charge is 0.573 e. The van der Waals surface area contributed by atoms with Gasteiger partial charge in [-0.15, -0.1) is 13.2 Å². The van der Waals surface area contributed by atoms with Crippen LogP contribution in [0.3, 0.4) is 0 Å². The third kappa shape index (κ3) is 5.00. The number of carbonyl (C=O) groups is 1. The maximum atomic E-state index is 12.2. The first-order valence-corrected chi connectivity index (χ1v) is 9.01. The third-order valence-electron chi connectivity index (χ3n) is 3.33. The van der Waals surface area contributed by atoms with E-state index in [4.69, 9.17) is 10.7 Å². The maximum absolute atomic E-state index is 12.2. The van der Waals surface area contributed by atoms with Crippen LogP contribution in [0, 0.1) is 12.8 Å². The molecule has 0 aromatic heterocycles. The summed E-state index contributed by atoms with van der Waals surface area (Å²) in [5.41, 5.74) is 0.827. The van der Waals surface area contributed by atoms with E-state index in [-0.39, 0.29) is 30.4 Å². The van der Waals surface area contributed by atoms with Gasteiger partial charge in [-0.1, -0.05) is 0 Å². The Morgan fingerprint density at radius 2 is 2.04 bits per heavy atom. The first kappa shape index (κ1) is 17.9.